The summed E-state index contributed by atoms with van der Waals surface area (Å²) >= 11 is 0. The van der Waals surface area contributed by atoms with E-state index in [1.807, 2.05) is 24.3 Å². The van der Waals surface area contributed by atoms with Crippen molar-refractivity contribution in [2.75, 3.05) is 7.11 Å². The number of benzene rings is 1. The molecule has 1 rings (SSSR count). The summed E-state index contributed by atoms with van der Waals surface area (Å²) in [6.45, 7) is 0. The maximum Gasteiger partial charge on any atom is 0.263 e. The number of amides is 2. The van der Waals surface area contributed by atoms with E-state index in [4.69, 9.17) is 10.5 Å². The van der Waals surface area contributed by atoms with E-state index in [-0.39, 0.29) is 5.71 Å². The van der Waals surface area contributed by atoms with Crippen molar-refractivity contribution in [2.24, 2.45) is 10.7 Å². The molecule has 0 saturated carbocycles. The number of primary amides is 1. The summed E-state index contributed by atoms with van der Waals surface area (Å²) in [6, 6.07) is 7.43. The number of methoxy groups -OCH3 is 1. The highest BCUT2D eigenvalue weighted by molar-refractivity contribution is 6.39. The Morgan fingerprint density at radius 2 is 2.06 bits per heavy atom. The maximum absolute atomic E-state index is 10.9. The Labute approximate surface area is 99.3 Å². The summed E-state index contributed by atoms with van der Waals surface area (Å²) in [5.41, 5.74) is 6.20. The highest BCUT2D eigenvalue weighted by Gasteiger charge is 2.06. The number of rotatable bonds is 6. The summed E-state index contributed by atoms with van der Waals surface area (Å²) in [4.78, 5) is 24.5. The summed E-state index contributed by atoms with van der Waals surface area (Å²) in [5, 5.41) is 0. The number of nitrogens with two attached hydrogens (primary N) is 1. The van der Waals surface area contributed by atoms with Gasteiger partial charge in [-0.15, -0.1) is 0 Å². The fraction of sp³-hybridized carbons (Fsp3) is 0.250. The Balaban J connectivity index is 2.62. The molecule has 90 valence electrons. The summed E-state index contributed by atoms with van der Waals surface area (Å²) in [5.74, 6) is 0.107. The van der Waals surface area contributed by atoms with E-state index >= 15 is 0 Å². The minimum absolute atomic E-state index is 0.0934. The van der Waals surface area contributed by atoms with Gasteiger partial charge >= 0.3 is 0 Å². The predicted octanol–water partition coefficient (Wildman–Crippen LogP) is 0.710. The summed E-state index contributed by atoms with van der Waals surface area (Å²) in [6.07, 6.45) is 1.27. The van der Waals surface area contributed by atoms with Crippen molar-refractivity contribution in [1.82, 2.24) is 0 Å². The number of aryl methyl sites for hydroxylation is 1. The minimum Gasteiger partial charge on any atom is -0.497 e. The number of aliphatic imine (C=N–C) groups is 1. The van der Waals surface area contributed by atoms with Crippen molar-refractivity contribution in [2.45, 2.75) is 12.8 Å². The van der Waals surface area contributed by atoms with Gasteiger partial charge in [-0.3, -0.25) is 9.59 Å². The van der Waals surface area contributed by atoms with E-state index < -0.39 is 5.91 Å². The number of hydrogen-bond acceptors (Lipinski definition) is 3. The van der Waals surface area contributed by atoms with Crippen LogP contribution in [0, 0.1) is 0 Å². The molecule has 5 nitrogen and oxygen atoms in total. The molecule has 0 unspecified atom stereocenters. The quantitative estimate of drug-likeness (QED) is 0.581. The molecule has 0 atom stereocenters. The fourth-order valence-electron chi connectivity index (χ4n) is 1.37. The molecule has 0 bridgehead atoms. The van der Waals surface area contributed by atoms with Crippen molar-refractivity contribution in [1.29, 1.82) is 0 Å². The third kappa shape index (κ3) is 4.06. The van der Waals surface area contributed by atoms with Gasteiger partial charge in [0, 0.05) is 0 Å². The predicted molar refractivity (Wildman–Crippen MR) is 64.0 cm³/mol. The van der Waals surface area contributed by atoms with Crippen molar-refractivity contribution >= 4 is 18.0 Å². The minimum atomic E-state index is -0.661. The molecule has 0 aromatic heterocycles. The Kier molecular flexibility index (Phi) is 4.87. The highest BCUT2D eigenvalue weighted by atomic mass is 16.5. The smallest absolute Gasteiger partial charge is 0.263 e. The third-order valence-corrected chi connectivity index (χ3v) is 2.30. The molecular formula is C12H14N2O3. The Morgan fingerprint density at radius 1 is 1.41 bits per heavy atom. The second kappa shape index (κ2) is 6.42. The molecule has 1 aromatic carbocycles. The zero-order valence-corrected chi connectivity index (χ0v) is 9.55. The van der Waals surface area contributed by atoms with E-state index in [1.54, 1.807) is 7.11 Å². The van der Waals surface area contributed by atoms with Gasteiger partial charge < -0.3 is 10.5 Å². The number of ether oxygens (including phenoxy) is 1. The van der Waals surface area contributed by atoms with Gasteiger partial charge in [0.05, 0.1) is 7.11 Å². The molecule has 1 aromatic rings. The molecule has 0 aliphatic carbocycles. The second-order valence-corrected chi connectivity index (χ2v) is 3.39. The normalized spacial score (nSPS) is 11.0. The van der Waals surface area contributed by atoms with Crippen LogP contribution in [-0.4, -0.2) is 25.1 Å². The Hall–Kier alpha value is -2.17. The van der Waals surface area contributed by atoms with Crippen LogP contribution in [0.4, 0.5) is 0 Å². The maximum atomic E-state index is 10.9. The van der Waals surface area contributed by atoms with Gasteiger partial charge in [-0.2, -0.15) is 0 Å². The molecule has 2 amide bonds. The van der Waals surface area contributed by atoms with Crippen LogP contribution in [0.25, 0.3) is 0 Å². The molecular weight excluding hydrogens is 220 g/mol. The summed E-state index contributed by atoms with van der Waals surface area (Å²) < 4.78 is 5.03. The van der Waals surface area contributed by atoms with Gasteiger partial charge in [0.2, 0.25) is 6.41 Å². The SMILES string of the molecule is COc1ccc(CCC(=NC=O)C(N)=O)cc1. The number of carbonyl (C=O) groups excluding carboxylic acids is 2. The zero-order chi connectivity index (χ0) is 12.7. The van der Waals surface area contributed by atoms with Gasteiger partial charge in [-0.1, -0.05) is 12.1 Å². The number of carbonyl (C=O) groups is 2. The Bertz CT molecular complexity index is 424. The van der Waals surface area contributed by atoms with E-state index in [0.29, 0.717) is 19.3 Å². The molecule has 0 saturated heterocycles. The molecule has 0 aliphatic rings. The van der Waals surface area contributed by atoms with Crippen LogP contribution >= 0.6 is 0 Å². The van der Waals surface area contributed by atoms with E-state index in [9.17, 15) is 9.59 Å². The van der Waals surface area contributed by atoms with Gasteiger partial charge in [-0.05, 0) is 30.5 Å². The molecule has 0 heterocycles. The average Bonchev–Trinajstić information content (AvgIpc) is 2.34. The number of nitrogens with zero attached hydrogens (tertiary/aromatic N) is 1. The third-order valence-electron chi connectivity index (χ3n) is 2.30. The van der Waals surface area contributed by atoms with Gasteiger partial charge in [0.1, 0.15) is 11.5 Å². The first-order valence-electron chi connectivity index (χ1n) is 5.10. The second-order valence-electron chi connectivity index (χ2n) is 3.39. The highest BCUT2D eigenvalue weighted by Crippen LogP contribution is 2.12. The van der Waals surface area contributed by atoms with Crippen LogP contribution in [-0.2, 0) is 16.0 Å². The van der Waals surface area contributed by atoms with E-state index in [0.717, 1.165) is 11.3 Å². The lowest BCUT2D eigenvalue weighted by Crippen LogP contribution is -2.23. The fourth-order valence-corrected chi connectivity index (χ4v) is 1.37. The molecule has 0 spiro atoms. The zero-order valence-electron chi connectivity index (χ0n) is 9.55. The largest absolute Gasteiger partial charge is 0.497 e. The first-order chi connectivity index (χ1) is 8.17. The Morgan fingerprint density at radius 3 is 2.53 bits per heavy atom. The first-order valence-corrected chi connectivity index (χ1v) is 5.10. The first kappa shape index (κ1) is 12.9. The summed E-state index contributed by atoms with van der Waals surface area (Å²) in [7, 11) is 1.59. The molecule has 0 fully saturated rings. The average molecular weight is 234 g/mol. The lowest BCUT2D eigenvalue weighted by atomic mass is 10.1. The lowest BCUT2D eigenvalue weighted by molar-refractivity contribution is -0.112. The lowest BCUT2D eigenvalue weighted by Gasteiger charge is -2.03. The molecule has 2 N–H and O–H groups in total. The molecule has 0 radical (unpaired) electrons. The molecule has 17 heavy (non-hydrogen) atoms. The van der Waals surface area contributed by atoms with Crippen molar-refractivity contribution in [3.05, 3.63) is 29.8 Å². The topological polar surface area (TPSA) is 81.8 Å². The van der Waals surface area contributed by atoms with Crippen LogP contribution in [0.1, 0.15) is 12.0 Å². The van der Waals surface area contributed by atoms with Crippen molar-refractivity contribution in [3.8, 4) is 5.75 Å². The van der Waals surface area contributed by atoms with E-state index in [1.165, 1.54) is 0 Å². The van der Waals surface area contributed by atoms with Gasteiger partial charge in [0.25, 0.3) is 5.91 Å². The van der Waals surface area contributed by atoms with Crippen LogP contribution in [0.15, 0.2) is 29.3 Å². The van der Waals surface area contributed by atoms with Gasteiger partial charge in [0.15, 0.2) is 0 Å². The van der Waals surface area contributed by atoms with Crippen LogP contribution in [0.3, 0.4) is 0 Å². The van der Waals surface area contributed by atoms with E-state index in [2.05, 4.69) is 4.99 Å². The standard InChI is InChI=1S/C12H14N2O3/c1-17-10-5-2-9(3-6-10)4-7-11(12(13)16)14-8-15/h2-3,5-6,8H,4,7H2,1H3,(H2,13,16). The van der Waals surface area contributed by atoms with Crippen LogP contribution < -0.4 is 10.5 Å². The van der Waals surface area contributed by atoms with Crippen molar-refractivity contribution in [3.63, 3.8) is 0 Å². The van der Waals surface area contributed by atoms with Crippen LogP contribution in [0.2, 0.25) is 0 Å². The van der Waals surface area contributed by atoms with Crippen molar-refractivity contribution < 1.29 is 14.3 Å². The van der Waals surface area contributed by atoms with Crippen LogP contribution in [0.5, 0.6) is 5.75 Å². The monoisotopic (exact) mass is 234 g/mol. The number of hydrogen-bond donors (Lipinski definition) is 1. The molecule has 5 heteroatoms. The molecule has 0 aliphatic heterocycles. The van der Waals surface area contributed by atoms with Gasteiger partial charge in [-0.25, -0.2) is 4.99 Å².